The number of aliphatic hydroxyl groups is 1. The number of carbonyl (C=O) groups is 2. The Labute approximate surface area is 186 Å². The number of aryl methyl sites for hydroxylation is 1. The minimum absolute atomic E-state index is 0.0265. The van der Waals surface area contributed by atoms with E-state index >= 15 is 0 Å². The monoisotopic (exact) mass is 483 g/mol. The van der Waals surface area contributed by atoms with E-state index in [1.54, 1.807) is 60.9 Å². The number of ketones is 1. The summed E-state index contributed by atoms with van der Waals surface area (Å²) in [6.07, 6.45) is 3.44. The fraction of sp³-hybridized carbons (Fsp3) is 0.0870. The van der Waals surface area contributed by atoms with E-state index in [4.69, 9.17) is 11.6 Å². The molecule has 1 aliphatic heterocycles. The molecule has 1 unspecified atom stereocenters. The van der Waals surface area contributed by atoms with Crippen molar-refractivity contribution in [2.75, 3.05) is 4.90 Å². The van der Waals surface area contributed by atoms with Crippen LogP contribution >= 0.6 is 27.5 Å². The highest BCUT2D eigenvalue weighted by Crippen LogP contribution is 2.42. The van der Waals surface area contributed by atoms with Gasteiger partial charge in [-0.05, 0) is 55.0 Å². The number of pyridine rings is 1. The summed E-state index contributed by atoms with van der Waals surface area (Å²) in [6, 6.07) is 14.7. The van der Waals surface area contributed by atoms with E-state index in [0.29, 0.717) is 21.8 Å². The average molecular weight is 485 g/mol. The molecule has 0 aliphatic carbocycles. The Morgan fingerprint density at radius 3 is 2.50 bits per heavy atom. The SMILES string of the molecule is Cc1ccc(N2C(=O)C(=O)C(=C(O)c3ccc(Cl)cc3)C2c2ccc[nH+]c2)cc1Br. The van der Waals surface area contributed by atoms with Crippen LogP contribution in [-0.4, -0.2) is 16.8 Å². The van der Waals surface area contributed by atoms with E-state index < -0.39 is 17.7 Å². The fourth-order valence-corrected chi connectivity index (χ4v) is 3.98. The first-order valence-electron chi connectivity index (χ1n) is 9.17. The summed E-state index contributed by atoms with van der Waals surface area (Å²) in [4.78, 5) is 30.5. The highest BCUT2D eigenvalue weighted by atomic mass is 79.9. The summed E-state index contributed by atoms with van der Waals surface area (Å²) >= 11 is 9.44. The maximum atomic E-state index is 13.1. The van der Waals surface area contributed by atoms with Crippen LogP contribution in [0, 0.1) is 6.92 Å². The third kappa shape index (κ3) is 3.53. The van der Waals surface area contributed by atoms with Crippen molar-refractivity contribution in [3.05, 3.63) is 98.7 Å². The maximum absolute atomic E-state index is 13.1. The lowest BCUT2D eigenvalue weighted by molar-refractivity contribution is -0.378. The minimum atomic E-state index is -0.785. The van der Waals surface area contributed by atoms with Gasteiger partial charge >= 0.3 is 0 Å². The zero-order chi connectivity index (χ0) is 21.4. The van der Waals surface area contributed by atoms with Crippen LogP contribution in [0.3, 0.4) is 0 Å². The van der Waals surface area contributed by atoms with E-state index in [0.717, 1.165) is 10.0 Å². The van der Waals surface area contributed by atoms with Gasteiger partial charge in [-0.25, -0.2) is 4.98 Å². The van der Waals surface area contributed by atoms with Crippen LogP contribution in [-0.2, 0) is 9.59 Å². The summed E-state index contributed by atoms with van der Waals surface area (Å²) in [7, 11) is 0. The average Bonchev–Trinajstić information content (AvgIpc) is 3.01. The molecule has 1 aliphatic rings. The van der Waals surface area contributed by atoms with E-state index in [1.807, 2.05) is 13.0 Å². The summed E-state index contributed by atoms with van der Waals surface area (Å²) in [5.74, 6) is -1.68. The molecule has 4 rings (SSSR count). The number of nitrogens with zero attached hydrogens (tertiary/aromatic N) is 1. The largest absolute Gasteiger partial charge is 0.507 e. The van der Waals surface area contributed by atoms with E-state index in [9.17, 15) is 14.7 Å². The van der Waals surface area contributed by atoms with Crippen molar-refractivity contribution < 1.29 is 19.7 Å². The quantitative estimate of drug-likeness (QED) is 0.328. The Kier molecular flexibility index (Phi) is 5.45. The molecule has 0 saturated carbocycles. The number of Topliss-reactive ketones (excluding diaryl/α,β-unsaturated/α-hetero) is 1. The second kappa shape index (κ2) is 8.05. The summed E-state index contributed by atoms with van der Waals surface area (Å²) in [5, 5.41) is 11.5. The second-order valence-electron chi connectivity index (χ2n) is 6.95. The van der Waals surface area contributed by atoms with Gasteiger partial charge in [0.2, 0.25) is 0 Å². The van der Waals surface area contributed by atoms with Crippen LogP contribution in [0.1, 0.15) is 22.7 Å². The molecule has 1 fully saturated rings. The number of halogens is 2. The number of hydrogen-bond acceptors (Lipinski definition) is 3. The van der Waals surface area contributed by atoms with Crippen molar-refractivity contribution >= 4 is 50.7 Å². The summed E-state index contributed by atoms with van der Waals surface area (Å²) < 4.78 is 0.818. The van der Waals surface area contributed by atoms with Crippen LogP contribution in [0.2, 0.25) is 5.02 Å². The van der Waals surface area contributed by atoms with Gasteiger partial charge < -0.3 is 5.11 Å². The molecule has 0 spiro atoms. The standard InChI is InChI=1S/C23H16BrClN2O3/c1-13-4-9-17(11-18(13)24)27-20(15-3-2-10-26-12-15)19(22(29)23(27)30)21(28)14-5-7-16(25)8-6-14/h2-12,20,28H,1H3/p+1. The molecule has 0 radical (unpaired) electrons. The number of anilines is 1. The van der Waals surface area contributed by atoms with Crippen molar-refractivity contribution in [1.82, 2.24) is 0 Å². The number of hydrogen-bond donors (Lipinski definition) is 1. The van der Waals surface area contributed by atoms with Crippen LogP contribution in [0.15, 0.2) is 77.0 Å². The molecule has 1 atom stereocenters. The lowest BCUT2D eigenvalue weighted by atomic mass is 9.96. The zero-order valence-corrected chi connectivity index (χ0v) is 18.2. The lowest BCUT2D eigenvalue weighted by Crippen LogP contribution is -2.30. The Morgan fingerprint density at radius 2 is 1.87 bits per heavy atom. The molecular formula is C23H17BrClN2O3+. The Bertz CT molecular complexity index is 1180. The molecule has 150 valence electrons. The van der Waals surface area contributed by atoms with E-state index in [-0.39, 0.29) is 11.3 Å². The first kappa shape index (κ1) is 20.3. The summed E-state index contributed by atoms with van der Waals surface area (Å²) in [6.45, 7) is 1.94. The number of aliphatic hydroxyl groups excluding tert-OH is 1. The van der Waals surface area contributed by atoms with Gasteiger partial charge in [-0.1, -0.05) is 33.6 Å². The van der Waals surface area contributed by atoms with Crippen molar-refractivity contribution in [3.8, 4) is 0 Å². The first-order valence-corrected chi connectivity index (χ1v) is 10.3. The Hall–Kier alpha value is -2.96. The topological polar surface area (TPSA) is 71.8 Å². The van der Waals surface area contributed by atoms with Gasteiger partial charge in [0.1, 0.15) is 11.8 Å². The first-order chi connectivity index (χ1) is 14.4. The van der Waals surface area contributed by atoms with Gasteiger partial charge in [-0.2, -0.15) is 0 Å². The molecule has 1 aromatic heterocycles. The van der Waals surface area contributed by atoms with Crippen LogP contribution < -0.4 is 9.88 Å². The summed E-state index contributed by atoms with van der Waals surface area (Å²) in [5.41, 5.74) is 2.66. The molecule has 0 bridgehead atoms. The highest BCUT2D eigenvalue weighted by molar-refractivity contribution is 9.10. The molecule has 1 amide bonds. The predicted molar refractivity (Wildman–Crippen MR) is 118 cm³/mol. The van der Waals surface area contributed by atoms with Gasteiger partial charge in [0, 0.05) is 32.4 Å². The maximum Gasteiger partial charge on any atom is 0.300 e. The van der Waals surface area contributed by atoms with Crippen molar-refractivity contribution in [1.29, 1.82) is 0 Å². The lowest BCUT2D eigenvalue weighted by Gasteiger charge is -2.24. The Balaban J connectivity index is 1.94. The molecule has 3 aromatic rings. The minimum Gasteiger partial charge on any atom is -0.507 e. The van der Waals surface area contributed by atoms with Gasteiger partial charge in [0.05, 0.1) is 5.57 Å². The fourth-order valence-electron chi connectivity index (χ4n) is 3.49. The van der Waals surface area contributed by atoms with Crippen molar-refractivity contribution in [3.63, 3.8) is 0 Å². The van der Waals surface area contributed by atoms with E-state index in [1.165, 1.54) is 4.90 Å². The number of carbonyl (C=O) groups excluding carboxylic acids is 2. The molecule has 2 N–H and O–H groups in total. The predicted octanol–water partition coefficient (Wildman–Crippen LogP) is 4.85. The molecule has 5 nitrogen and oxygen atoms in total. The normalized spacial score (nSPS) is 18.1. The zero-order valence-electron chi connectivity index (χ0n) is 15.9. The van der Waals surface area contributed by atoms with Crippen molar-refractivity contribution in [2.24, 2.45) is 0 Å². The van der Waals surface area contributed by atoms with Crippen molar-refractivity contribution in [2.45, 2.75) is 13.0 Å². The highest BCUT2D eigenvalue weighted by Gasteiger charge is 2.47. The molecule has 1 saturated heterocycles. The number of rotatable bonds is 3. The van der Waals surface area contributed by atoms with Gasteiger partial charge in [0.25, 0.3) is 11.7 Å². The number of H-pyrrole nitrogens is 1. The van der Waals surface area contributed by atoms with E-state index in [2.05, 4.69) is 20.9 Å². The van der Waals surface area contributed by atoms with Gasteiger partial charge in [-0.15, -0.1) is 0 Å². The number of benzene rings is 2. The number of aromatic nitrogens is 1. The molecule has 2 heterocycles. The van der Waals surface area contributed by atoms with Crippen LogP contribution in [0.5, 0.6) is 0 Å². The number of nitrogens with one attached hydrogen (secondary N) is 1. The molecule has 30 heavy (non-hydrogen) atoms. The molecular weight excluding hydrogens is 468 g/mol. The smallest absolute Gasteiger partial charge is 0.300 e. The van der Waals surface area contributed by atoms with Crippen LogP contribution in [0.4, 0.5) is 5.69 Å². The second-order valence-corrected chi connectivity index (χ2v) is 8.24. The van der Waals surface area contributed by atoms with Gasteiger partial charge in [0.15, 0.2) is 12.4 Å². The number of aromatic amines is 1. The number of amides is 1. The third-order valence-corrected chi connectivity index (χ3v) is 6.15. The molecule has 2 aromatic carbocycles. The Morgan fingerprint density at radius 1 is 1.13 bits per heavy atom. The molecule has 7 heteroatoms. The van der Waals surface area contributed by atoms with Gasteiger partial charge in [-0.3, -0.25) is 14.5 Å². The third-order valence-electron chi connectivity index (χ3n) is 5.04. The van der Waals surface area contributed by atoms with Crippen LogP contribution in [0.25, 0.3) is 5.76 Å².